The number of anilines is 1. The fourth-order valence-corrected chi connectivity index (χ4v) is 1.88. The van der Waals surface area contributed by atoms with Gasteiger partial charge in [0, 0.05) is 17.8 Å². The Balaban J connectivity index is 1.97. The molecular weight excluding hydrogens is 236 g/mol. The molecule has 0 saturated carbocycles. The Kier molecular flexibility index (Phi) is 4.18. The fourth-order valence-electron chi connectivity index (χ4n) is 1.88. The number of hydrogen-bond donors (Lipinski definition) is 2. The van der Waals surface area contributed by atoms with Crippen LogP contribution in [0, 0.1) is 0 Å². The number of carbonyl (C=O) groups excluding carboxylic acids is 1. The highest BCUT2D eigenvalue weighted by Gasteiger charge is 2.04. The smallest absolute Gasteiger partial charge is 0.251 e. The maximum absolute atomic E-state index is 12.0. The number of amides is 1. The van der Waals surface area contributed by atoms with Crippen LogP contribution in [-0.2, 0) is 13.0 Å². The molecule has 2 aromatic rings. The lowest BCUT2D eigenvalue weighted by atomic mass is 10.1. The van der Waals surface area contributed by atoms with Crippen molar-refractivity contribution < 1.29 is 4.79 Å². The van der Waals surface area contributed by atoms with Crippen LogP contribution in [0.4, 0.5) is 5.69 Å². The zero-order valence-corrected chi connectivity index (χ0v) is 11.0. The Morgan fingerprint density at radius 3 is 2.47 bits per heavy atom. The molecule has 0 unspecified atom stereocenters. The van der Waals surface area contributed by atoms with Gasteiger partial charge in [0.1, 0.15) is 0 Å². The van der Waals surface area contributed by atoms with E-state index in [-0.39, 0.29) is 5.91 Å². The molecule has 3 nitrogen and oxygen atoms in total. The van der Waals surface area contributed by atoms with Gasteiger partial charge in [0.15, 0.2) is 0 Å². The Morgan fingerprint density at radius 2 is 1.84 bits per heavy atom. The quantitative estimate of drug-likeness (QED) is 0.824. The van der Waals surface area contributed by atoms with Crippen molar-refractivity contribution in [1.82, 2.24) is 5.32 Å². The van der Waals surface area contributed by atoms with E-state index in [0.717, 1.165) is 12.0 Å². The van der Waals surface area contributed by atoms with E-state index in [0.29, 0.717) is 17.8 Å². The molecule has 0 aliphatic rings. The molecule has 0 aliphatic heterocycles. The lowest BCUT2D eigenvalue weighted by Crippen LogP contribution is -2.22. The third kappa shape index (κ3) is 3.58. The van der Waals surface area contributed by atoms with Gasteiger partial charge in [-0.05, 0) is 41.8 Å². The molecule has 0 saturated heterocycles. The predicted octanol–water partition coefficient (Wildman–Crippen LogP) is 2.76. The molecule has 98 valence electrons. The van der Waals surface area contributed by atoms with Gasteiger partial charge in [-0.25, -0.2) is 0 Å². The molecule has 0 aliphatic carbocycles. The van der Waals surface area contributed by atoms with Crippen molar-refractivity contribution in [2.45, 2.75) is 19.9 Å². The maximum atomic E-state index is 12.0. The molecular formula is C16H18N2O. The summed E-state index contributed by atoms with van der Waals surface area (Å²) < 4.78 is 0. The number of hydrogen-bond acceptors (Lipinski definition) is 2. The average molecular weight is 254 g/mol. The van der Waals surface area contributed by atoms with Crippen molar-refractivity contribution in [3.63, 3.8) is 0 Å². The van der Waals surface area contributed by atoms with Gasteiger partial charge in [-0.2, -0.15) is 0 Å². The van der Waals surface area contributed by atoms with Crippen LogP contribution in [0.3, 0.4) is 0 Å². The third-order valence-corrected chi connectivity index (χ3v) is 3.03. The summed E-state index contributed by atoms with van der Waals surface area (Å²) in [7, 11) is 0. The van der Waals surface area contributed by atoms with E-state index in [1.54, 1.807) is 0 Å². The molecule has 0 aromatic heterocycles. The van der Waals surface area contributed by atoms with Crippen molar-refractivity contribution in [1.29, 1.82) is 0 Å². The lowest BCUT2D eigenvalue weighted by Gasteiger charge is -2.06. The van der Waals surface area contributed by atoms with Crippen LogP contribution in [0.15, 0.2) is 48.5 Å². The Bertz CT molecular complexity index is 561. The van der Waals surface area contributed by atoms with Crippen LogP contribution >= 0.6 is 0 Å². The van der Waals surface area contributed by atoms with Gasteiger partial charge in [-0.15, -0.1) is 0 Å². The molecule has 0 heterocycles. The van der Waals surface area contributed by atoms with E-state index >= 15 is 0 Å². The van der Waals surface area contributed by atoms with Crippen LogP contribution < -0.4 is 11.1 Å². The maximum Gasteiger partial charge on any atom is 0.251 e. The first-order valence-electron chi connectivity index (χ1n) is 6.40. The van der Waals surface area contributed by atoms with Crippen LogP contribution in [0.5, 0.6) is 0 Å². The van der Waals surface area contributed by atoms with Gasteiger partial charge in [0.2, 0.25) is 0 Å². The van der Waals surface area contributed by atoms with E-state index in [4.69, 9.17) is 5.73 Å². The first-order chi connectivity index (χ1) is 9.19. The van der Waals surface area contributed by atoms with Crippen LogP contribution in [-0.4, -0.2) is 5.91 Å². The van der Waals surface area contributed by atoms with Gasteiger partial charge >= 0.3 is 0 Å². The van der Waals surface area contributed by atoms with E-state index in [1.165, 1.54) is 5.56 Å². The SMILES string of the molecule is CCc1ccc(C(=O)NCc2cccc(N)c2)cc1. The highest BCUT2D eigenvalue weighted by Crippen LogP contribution is 2.08. The zero-order valence-electron chi connectivity index (χ0n) is 11.0. The minimum Gasteiger partial charge on any atom is -0.399 e. The number of carbonyl (C=O) groups is 1. The first kappa shape index (κ1) is 13.1. The summed E-state index contributed by atoms with van der Waals surface area (Å²) in [6.07, 6.45) is 0.977. The summed E-state index contributed by atoms with van der Waals surface area (Å²) in [4.78, 5) is 12.0. The Morgan fingerprint density at radius 1 is 1.11 bits per heavy atom. The molecule has 0 fully saturated rings. The molecule has 0 atom stereocenters. The minimum absolute atomic E-state index is 0.0647. The van der Waals surface area contributed by atoms with Gasteiger partial charge < -0.3 is 11.1 Å². The molecule has 0 bridgehead atoms. The van der Waals surface area contributed by atoms with Crippen LogP contribution in [0.2, 0.25) is 0 Å². The fraction of sp³-hybridized carbons (Fsp3) is 0.188. The van der Waals surface area contributed by atoms with E-state index in [2.05, 4.69) is 12.2 Å². The second kappa shape index (κ2) is 6.05. The summed E-state index contributed by atoms with van der Waals surface area (Å²) in [5.74, 6) is -0.0647. The van der Waals surface area contributed by atoms with E-state index < -0.39 is 0 Å². The Labute approximate surface area is 113 Å². The minimum atomic E-state index is -0.0647. The first-order valence-corrected chi connectivity index (χ1v) is 6.40. The molecule has 0 spiro atoms. The third-order valence-electron chi connectivity index (χ3n) is 3.03. The Hall–Kier alpha value is -2.29. The topological polar surface area (TPSA) is 55.1 Å². The lowest BCUT2D eigenvalue weighted by molar-refractivity contribution is 0.0951. The summed E-state index contributed by atoms with van der Waals surface area (Å²) in [6.45, 7) is 2.58. The average Bonchev–Trinajstić information content (AvgIpc) is 2.45. The van der Waals surface area contributed by atoms with Gasteiger partial charge in [-0.1, -0.05) is 31.2 Å². The van der Waals surface area contributed by atoms with Crippen molar-refractivity contribution in [2.24, 2.45) is 0 Å². The van der Waals surface area contributed by atoms with Crippen molar-refractivity contribution in [3.05, 3.63) is 65.2 Å². The number of benzene rings is 2. The molecule has 3 heteroatoms. The number of nitrogens with two attached hydrogens (primary N) is 1. The van der Waals surface area contributed by atoms with Gasteiger partial charge in [-0.3, -0.25) is 4.79 Å². The summed E-state index contributed by atoms with van der Waals surface area (Å²) in [5.41, 5.74) is 9.31. The number of nitrogens with one attached hydrogen (secondary N) is 1. The molecule has 2 rings (SSSR count). The second-order valence-corrected chi connectivity index (χ2v) is 4.48. The monoisotopic (exact) mass is 254 g/mol. The number of aryl methyl sites for hydroxylation is 1. The van der Waals surface area contributed by atoms with Crippen molar-refractivity contribution >= 4 is 11.6 Å². The largest absolute Gasteiger partial charge is 0.399 e. The number of rotatable bonds is 4. The van der Waals surface area contributed by atoms with E-state index in [9.17, 15) is 4.79 Å². The number of nitrogen functional groups attached to an aromatic ring is 1. The van der Waals surface area contributed by atoms with Gasteiger partial charge in [0.25, 0.3) is 5.91 Å². The zero-order chi connectivity index (χ0) is 13.7. The molecule has 19 heavy (non-hydrogen) atoms. The van der Waals surface area contributed by atoms with E-state index in [1.807, 2.05) is 48.5 Å². The van der Waals surface area contributed by atoms with Crippen molar-refractivity contribution in [2.75, 3.05) is 5.73 Å². The standard InChI is InChI=1S/C16H18N2O/c1-2-12-6-8-14(9-7-12)16(19)18-11-13-4-3-5-15(17)10-13/h3-10H,2,11,17H2,1H3,(H,18,19). The summed E-state index contributed by atoms with van der Waals surface area (Å²) >= 11 is 0. The molecule has 1 amide bonds. The predicted molar refractivity (Wildman–Crippen MR) is 77.8 cm³/mol. The highest BCUT2D eigenvalue weighted by atomic mass is 16.1. The van der Waals surface area contributed by atoms with Crippen LogP contribution in [0.25, 0.3) is 0 Å². The molecule has 0 radical (unpaired) electrons. The summed E-state index contributed by atoms with van der Waals surface area (Å²) in [5, 5.41) is 2.89. The van der Waals surface area contributed by atoms with Gasteiger partial charge in [0.05, 0.1) is 0 Å². The molecule has 3 N–H and O–H groups in total. The second-order valence-electron chi connectivity index (χ2n) is 4.48. The van der Waals surface area contributed by atoms with Crippen molar-refractivity contribution in [3.8, 4) is 0 Å². The molecule has 2 aromatic carbocycles. The normalized spacial score (nSPS) is 10.2. The summed E-state index contributed by atoms with van der Waals surface area (Å²) in [6, 6.07) is 15.2. The highest BCUT2D eigenvalue weighted by molar-refractivity contribution is 5.94. The van der Waals surface area contributed by atoms with Crippen LogP contribution in [0.1, 0.15) is 28.4 Å².